The molecule has 0 fully saturated rings. The summed E-state index contributed by atoms with van der Waals surface area (Å²) in [5.41, 5.74) is 1.71. The van der Waals surface area contributed by atoms with E-state index < -0.39 is 11.2 Å². The summed E-state index contributed by atoms with van der Waals surface area (Å²) in [5.74, 6) is 0.835. The second-order valence-corrected chi connectivity index (χ2v) is 6.08. The van der Waals surface area contributed by atoms with Crippen LogP contribution < -0.4 is 11.2 Å². The molecule has 0 bridgehead atoms. The zero-order valence-electron chi connectivity index (χ0n) is 14.5. The van der Waals surface area contributed by atoms with Gasteiger partial charge in [-0.05, 0) is 12.5 Å². The van der Waals surface area contributed by atoms with Crippen LogP contribution in [0.4, 0.5) is 0 Å². The van der Waals surface area contributed by atoms with Crippen molar-refractivity contribution in [2.24, 2.45) is 14.1 Å². The van der Waals surface area contributed by atoms with E-state index in [2.05, 4.69) is 15.1 Å². The lowest BCUT2D eigenvalue weighted by atomic mass is 10.1. The predicted octanol–water partition coefficient (Wildman–Crippen LogP) is 0.840. The third-order valence-electron chi connectivity index (χ3n) is 4.38. The van der Waals surface area contributed by atoms with Gasteiger partial charge >= 0.3 is 5.69 Å². The van der Waals surface area contributed by atoms with Gasteiger partial charge in [-0.3, -0.25) is 13.9 Å². The van der Waals surface area contributed by atoms with Gasteiger partial charge in [0.25, 0.3) is 5.56 Å². The Morgan fingerprint density at radius 2 is 1.88 bits per heavy atom. The number of imidazole rings is 1. The molecule has 4 aromatic rings. The largest absolute Gasteiger partial charge is 0.337 e. The summed E-state index contributed by atoms with van der Waals surface area (Å²) in [6.45, 7) is 2.15. The van der Waals surface area contributed by atoms with Crippen LogP contribution in [0.25, 0.3) is 22.6 Å². The lowest BCUT2D eigenvalue weighted by Gasteiger charge is -2.04. The Hall–Kier alpha value is -3.49. The molecule has 1 aromatic carbocycles. The van der Waals surface area contributed by atoms with Crippen LogP contribution in [0, 0.1) is 6.92 Å². The maximum atomic E-state index is 12.5. The first-order valence-corrected chi connectivity index (χ1v) is 7.97. The zero-order chi connectivity index (χ0) is 18.4. The highest BCUT2D eigenvalue weighted by Gasteiger charge is 2.17. The summed E-state index contributed by atoms with van der Waals surface area (Å²) in [4.78, 5) is 33.1. The molecule has 9 heteroatoms. The Kier molecular flexibility index (Phi) is 3.57. The first-order valence-electron chi connectivity index (χ1n) is 7.97. The van der Waals surface area contributed by atoms with E-state index in [1.165, 1.54) is 17.9 Å². The summed E-state index contributed by atoms with van der Waals surface area (Å²) in [7, 11) is 3.01. The van der Waals surface area contributed by atoms with Gasteiger partial charge < -0.3 is 9.09 Å². The summed E-state index contributed by atoms with van der Waals surface area (Å²) < 4.78 is 9.32. The van der Waals surface area contributed by atoms with Gasteiger partial charge in [-0.1, -0.05) is 29.4 Å². The molecule has 0 amide bonds. The van der Waals surface area contributed by atoms with E-state index in [0.29, 0.717) is 22.9 Å². The van der Waals surface area contributed by atoms with Crippen molar-refractivity contribution >= 4 is 11.2 Å². The van der Waals surface area contributed by atoms with Gasteiger partial charge in [-0.15, -0.1) is 0 Å². The smallest absolute Gasteiger partial charge is 0.332 e. The molecule has 26 heavy (non-hydrogen) atoms. The molecule has 0 atom stereocenters. The van der Waals surface area contributed by atoms with Gasteiger partial charge in [0.2, 0.25) is 11.7 Å². The van der Waals surface area contributed by atoms with E-state index in [9.17, 15) is 9.59 Å². The van der Waals surface area contributed by atoms with Crippen molar-refractivity contribution in [2.45, 2.75) is 13.5 Å². The van der Waals surface area contributed by atoms with E-state index in [1.54, 1.807) is 11.6 Å². The number of hydrogen-bond acceptors (Lipinski definition) is 6. The standard InChI is InChI=1S/C17H16N6O3/c1-10-6-4-5-7-11(10)14-19-12(26-20-14)8-23-9-18-15-13(23)16(24)22(3)17(25)21(15)2/h4-7,9H,8H2,1-3H3. The van der Waals surface area contributed by atoms with Crippen LogP contribution >= 0.6 is 0 Å². The van der Waals surface area contributed by atoms with Crippen molar-refractivity contribution in [1.82, 2.24) is 28.8 Å². The van der Waals surface area contributed by atoms with E-state index in [1.807, 2.05) is 31.2 Å². The Balaban J connectivity index is 1.77. The highest BCUT2D eigenvalue weighted by molar-refractivity contribution is 5.70. The molecule has 4 rings (SSSR count). The third-order valence-corrected chi connectivity index (χ3v) is 4.38. The third kappa shape index (κ3) is 2.36. The molecule has 0 aliphatic carbocycles. The van der Waals surface area contributed by atoms with Crippen molar-refractivity contribution < 1.29 is 4.52 Å². The molecule has 0 radical (unpaired) electrons. The van der Waals surface area contributed by atoms with E-state index in [4.69, 9.17) is 4.52 Å². The Morgan fingerprint density at radius 3 is 2.65 bits per heavy atom. The number of hydrogen-bond donors (Lipinski definition) is 0. The van der Waals surface area contributed by atoms with Crippen molar-refractivity contribution in [3.63, 3.8) is 0 Å². The second kappa shape index (κ2) is 5.80. The first-order chi connectivity index (χ1) is 12.5. The van der Waals surface area contributed by atoms with Crippen molar-refractivity contribution in [3.8, 4) is 11.4 Å². The topological polar surface area (TPSA) is 101 Å². The minimum Gasteiger partial charge on any atom is -0.337 e. The molecule has 0 aliphatic heterocycles. The number of rotatable bonds is 3. The SMILES string of the molecule is Cc1ccccc1-c1noc(Cn2cnc3c2c(=O)n(C)c(=O)n3C)n1. The zero-order valence-corrected chi connectivity index (χ0v) is 14.5. The van der Waals surface area contributed by atoms with Gasteiger partial charge in [-0.2, -0.15) is 4.98 Å². The molecule has 0 aliphatic rings. The summed E-state index contributed by atoms with van der Waals surface area (Å²) in [6, 6.07) is 7.74. The first kappa shape index (κ1) is 16.0. The van der Waals surface area contributed by atoms with Crippen molar-refractivity contribution in [3.05, 3.63) is 62.9 Å². The average molecular weight is 352 g/mol. The quantitative estimate of drug-likeness (QED) is 0.542. The van der Waals surface area contributed by atoms with Gasteiger partial charge in [-0.25, -0.2) is 9.78 Å². The number of aryl methyl sites for hydroxylation is 2. The van der Waals surface area contributed by atoms with Crippen LogP contribution in [0.1, 0.15) is 11.5 Å². The van der Waals surface area contributed by atoms with Crippen molar-refractivity contribution in [2.75, 3.05) is 0 Å². The van der Waals surface area contributed by atoms with Gasteiger partial charge in [0.15, 0.2) is 11.2 Å². The molecule has 132 valence electrons. The molecule has 0 spiro atoms. The molecule has 0 N–H and O–H groups in total. The minimum atomic E-state index is -0.424. The summed E-state index contributed by atoms with van der Waals surface area (Å²) in [5, 5.41) is 4.02. The maximum Gasteiger partial charge on any atom is 0.332 e. The number of aromatic nitrogens is 6. The van der Waals surface area contributed by atoms with Gasteiger partial charge in [0.1, 0.15) is 6.54 Å². The fourth-order valence-corrected chi connectivity index (χ4v) is 2.91. The van der Waals surface area contributed by atoms with Crippen LogP contribution in [0.3, 0.4) is 0 Å². The van der Waals surface area contributed by atoms with Gasteiger partial charge in [0.05, 0.1) is 6.33 Å². The van der Waals surface area contributed by atoms with E-state index in [-0.39, 0.29) is 6.54 Å². The highest BCUT2D eigenvalue weighted by Crippen LogP contribution is 2.20. The Labute approximate surface area is 147 Å². The van der Waals surface area contributed by atoms with Crippen LogP contribution in [-0.4, -0.2) is 28.8 Å². The lowest BCUT2D eigenvalue weighted by Crippen LogP contribution is -2.37. The number of fused-ring (bicyclic) bond motifs is 1. The fraction of sp³-hybridized carbons (Fsp3) is 0.235. The number of nitrogens with zero attached hydrogens (tertiary/aromatic N) is 6. The molecular formula is C17H16N6O3. The van der Waals surface area contributed by atoms with Crippen LogP contribution in [0.5, 0.6) is 0 Å². The maximum absolute atomic E-state index is 12.5. The molecule has 3 heterocycles. The predicted molar refractivity (Wildman–Crippen MR) is 93.8 cm³/mol. The lowest BCUT2D eigenvalue weighted by molar-refractivity contribution is 0.372. The van der Waals surface area contributed by atoms with E-state index >= 15 is 0 Å². The molecular weight excluding hydrogens is 336 g/mol. The molecule has 9 nitrogen and oxygen atoms in total. The highest BCUT2D eigenvalue weighted by atomic mass is 16.5. The molecule has 3 aromatic heterocycles. The monoisotopic (exact) mass is 352 g/mol. The van der Waals surface area contributed by atoms with Crippen LogP contribution in [-0.2, 0) is 20.6 Å². The number of benzene rings is 1. The van der Waals surface area contributed by atoms with Crippen molar-refractivity contribution in [1.29, 1.82) is 0 Å². The van der Waals surface area contributed by atoms with E-state index in [0.717, 1.165) is 15.7 Å². The van der Waals surface area contributed by atoms with Gasteiger partial charge in [0, 0.05) is 19.7 Å². The molecule has 0 saturated heterocycles. The van der Waals surface area contributed by atoms with Crippen LogP contribution in [0.2, 0.25) is 0 Å². The Bertz CT molecular complexity index is 1240. The molecule has 0 unspecified atom stereocenters. The normalized spacial score (nSPS) is 11.3. The summed E-state index contributed by atoms with van der Waals surface area (Å²) in [6.07, 6.45) is 1.49. The Morgan fingerprint density at radius 1 is 1.12 bits per heavy atom. The second-order valence-electron chi connectivity index (χ2n) is 6.08. The molecule has 0 saturated carbocycles. The summed E-state index contributed by atoms with van der Waals surface area (Å²) >= 11 is 0. The average Bonchev–Trinajstić information content (AvgIpc) is 3.26. The van der Waals surface area contributed by atoms with Crippen LogP contribution in [0.15, 0.2) is 44.7 Å². The minimum absolute atomic E-state index is 0.183. The fourth-order valence-electron chi connectivity index (χ4n) is 2.91.